The van der Waals surface area contributed by atoms with Crippen LogP contribution in [0, 0.1) is 0 Å². The highest BCUT2D eigenvalue weighted by Crippen LogP contribution is 2.31. The fourth-order valence-electron chi connectivity index (χ4n) is 1.54. The summed E-state index contributed by atoms with van der Waals surface area (Å²) in [6.45, 7) is 2.73. The number of nitrogen functional groups attached to an aromatic ring is 1. The molecule has 16 heavy (non-hydrogen) atoms. The second-order valence-electron chi connectivity index (χ2n) is 3.37. The summed E-state index contributed by atoms with van der Waals surface area (Å²) in [5.41, 5.74) is 12.4. The molecule has 0 bridgehead atoms. The Morgan fingerprint density at radius 1 is 1.50 bits per heavy atom. The first-order valence-electron chi connectivity index (χ1n) is 5.05. The number of anilines is 2. The first-order chi connectivity index (χ1) is 7.60. The third-order valence-corrected chi connectivity index (χ3v) is 2.33. The van der Waals surface area contributed by atoms with Crippen LogP contribution in [0.1, 0.15) is 6.92 Å². The standard InChI is InChI=1S/C11H17N3O2/c1-3-14(7-10(12)15)8-5-4-6-9(16-2)11(8)13/h4-6H,3,7,13H2,1-2H3,(H2,12,15). The number of likely N-dealkylation sites (N-methyl/N-ethyl adjacent to an activating group) is 1. The first-order valence-corrected chi connectivity index (χ1v) is 5.05. The molecular formula is C11H17N3O2. The van der Waals surface area contributed by atoms with Gasteiger partial charge >= 0.3 is 0 Å². The van der Waals surface area contributed by atoms with Crippen LogP contribution in [-0.4, -0.2) is 26.1 Å². The van der Waals surface area contributed by atoms with Crippen molar-refractivity contribution in [2.75, 3.05) is 30.8 Å². The third kappa shape index (κ3) is 2.56. The van der Waals surface area contributed by atoms with Crippen LogP contribution in [-0.2, 0) is 4.79 Å². The number of nitrogens with two attached hydrogens (primary N) is 2. The second kappa shape index (κ2) is 5.25. The summed E-state index contributed by atoms with van der Waals surface area (Å²) in [5.74, 6) is 0.212. The Kier molecular flexibility index (Phi) is 3.99. The molecule has 0 aliphatic rings. The number of ether oxygens (including phenoxy) is 1. The quantitative estimate of drug-likeness (QED) is 0.716. The fraction of sp³-hybridized carbons (Fsp3) is 0.364. The van der Waals surface area contributed by atoms with Crippen molar-refractivity contribution in [3.63, 3.8) is 0 Å². The molecule has 0 atom stereocenters. The zero-order valence-electron chi connectivity index (χ0n) is 9.56. The van der Waals surface area contributed by atoms with E-state index in [-0.39, 0.29) is 12.5 Å². The number of para-hydroxylation sites is 1. The lowest BCUT2D eigenvalue weighted by molar-refractivity contribution is -0.116. The van der Waals surface area contributed by atoms with Crippen LogP contribution < -0.4 is 21.1 Å². The van der Waals surface area contributed by atoms with E-state index >= 15 is 0 Å². The zero-order chi connectivity index (χ0) is 12.1. The molecule has 1 aromatic rings. The monoisotopic (exact) mass is 223 g/mol. The lowest BCUT2D eigenvalue weighted by Crippen LogP contribution is -2.34. The predicted molar refractivity (Wildman–Crippen MR) is 64.5 cm³/mol. The maximum absolute atomic E-state index is 10.9. The highest BCUT2D eigenvalue weighted by molar-refractivity contribution is 5.83. The largest absolute Gasteiger partial charge is 0.495 e. The lowest BCUT2D eigenvalue weighted by atomic mass is 10.2. The summed E-state index contributed by atoms with van der Waals surface area (Å²) < 4.78 is 5.12. The van der Waals surface area contributed by atoms with Gasteiger partial charge in [-0.1, -0.05) is 6.07 Å². The van der Waals surface area contributed by atoms with Crippen LogP contribution in [0.25, 0.3) is 0 Å². The fourth-order valence-corrected chi connectivity index (χ4v) is 1.54. The lowest BCUT2D eigenvalue weighted by Gasteiger charge is -2.23. The van der Waals surface area contributed by atoms with Crippen molar-refractivity contribution in [1.82, 2.24) is 0 Å². The summed E-state index contributed by atoms with van der Waals surface area (Å²) in [4.78, 5) is 12.7. The number of hydrogen-bond donors (Lipinski definition) is 2. The van der Waals surface area contributed by atoms with E-state index in [1.807, 2.05) is 19.1 Å². The Bertz CT molecular complexity index is 379. The number of carbonyl (C=O) groups excluding carboxylic acids is 1. The summed E-state index contributed by atoms with van der Waals surface area (Å²) in [5, 5.41) is 0. The summed E-state index contributed by atoms with van der Waals surface area (Å²) in [7, 11) is 1.56. The Balaban J connectivity index is 3.04. The van der Waals surface area contributed by atoms with E-state index in [0.717, 1.165) is 5.69 Å². The number of amides is 1. The van der Waals surface area contributed by atoms with Crippen LogP contribution in [0.5, 0.6) is 5.75 Å². The van der Waals surface area contributed by atoms with E-state index < -0.39 is 0 Å². The van der Waals surface area contributed by atoms with Crippen LogP contribution in [0.15, 0.2) is 18.2 Å². The van der Waals surface area contributed by atoms with E-state index in [1.165, 1.54) is 0 Å². The van der Waals surface area contributed by atoms with Gasteiger partial charge < -0.3 is 21.1 Å². The molecule has 1 amide bonds. The number of nitrogens with zero attached hydrogens (tertiary/aromatic N) is 1. The first kappa shape index (κ1) is 12.2. The van der Waals surface area contributed by atoms with Crippen molar-refractivity contribution in [2.45, 2.75) is 6.92 Å². The van der Waals surface area contributed by atoms with Crippen molar-refractivity contribution in [3.8, 4) is 5.75 Å². The highest BCUT2D eigenvalue weighted by Gasteiger charge is 2.12. The van der Waals surface area contributed by atoms with E-state index in [0.29, 0.717) is 18.0 Å². The highest BCUT2D eigenvalue weighted by atomic mass is 16.5. The summed E-state index contributed by atoms with van der Waals surface area (Å²) >= 11 is 0. The number of methoxy groups -OCH3 is 1. The maximum atomic E-state index is 10.9. The molecule has 0 saturated heterocycles. The van der Waals surface area contributed by atoms with E-state index in [9.17, 15) is 4.79 Å². The van der Waals surface area contributed by atoms with E-state index in [4.69, 9.17) is 16.2 Å². The molecule has 5 nitrogen and oxygen atoms in total. The molecule has 0 heterocycles. The van der Waals surface area contributed by atoms with Gasteiger partial charge in [0, 0.05) is 6.54 Å². The minimum atomic E-state index is -0.385. The van der Waals surface area contributed by atoms with Crippen molar-refractivity contribution in [2.24, 2.45) is 5.73 Å². The molecular weight excluding hydrogens is 206 g/mol. The average Bonchev–Trinajstić information content (AvgIpc) is 2.26. The zero-order valence-corrected chi connectivity index (χ0v) is 9.56. The molecule has 0 aromatic heterocycles. The van der Waals surface area contributed by atoms with Gasteiger partial charge in [-0.2, -0.15) is 0 Å². The van der Waals surface area contributed by atoms with Gasteiger partial charge in [-0.25, -0.2) is 0 Å². The maximum Gasteiger partial charge on any atom is 0.236 e. The van der Waals surface area contributed by atoms with Gasteiger partial charge in [0.15, 0.2) is 0 Å². The van der Waals surface area contributed by atoms with Crippen molar-refractivity contribution in [1.29, 1.82) is 0 Å². The molecule has 0 aliphatic carbocycles. The minimum Gasteiger partial charge on any atom is -0.495 e. The molecule has 88 valence electrons. The molecule has 0 fully saturated rings. The van der Waals surface area contributed by atoms with Crippen LogP contribution in [0.4, 0.5) is 11.4 Å². The third-order valence-electron chi connectivity index (χ3n) is 2.33. The molecule has 5 heteroatoms. The molecule has 0 spiro atoms. The Hall–Kier alpha value is -1.91. The number of hydrogen-bond acceptors (Lipinski definition) is 4. The number of primary amides is 1. The van der Waals surface area contributed by atoms with Gasteiger partial charge in [-0.15, -0.1) is 0 Å². The van der Waals surface area contributed by atoms with Crippen LogP contribution >= 0.6 is 0 Å². The smallest absolute Gasteiger partial charge is 0.236 e. The van der Waals surface area contributed by atoms with Crippen LogP contribution in [0.3, 0.4) is 0 Å². The molecule has 0 unspecified atom stereocenters. The Morgan fingerprint density at radius 2 is 2.19 bits per heavy atom. The summed E-state index contributed by atoms with van der Waals surface area (Å²) in [6, 6.07) is 5.44. The van der Waals surface area contributed by atoms with Gasteiger partial charge in [0.2, 0.25) is 5.91 Å². The molecule has 0 saturated carbocycles. The van der Waals surface area contributed by atoms with Gasteiger partial charge in [-0.05, 0) is 19.1 Å². The van der Waals surface area contributed by atoms with E-state index in [2.05, 4.69) is 0 Å². The minimum absolute atomic E-state index is 0.147. The van der Waals surface area contributed by atoms with Gasteiger partial charge in [0.1, 0.15) is 5.75 Å². The predicted octanol–water partition coefficient (Wildman–Crippen LogP) is 0.589. The molecule has 1 aromatic carbocycles. The van der Waals surface area contributed by atoms with Gasteiger partial charge in [-0.3, -0.25) is 4.79 Å². The Morgan fingerprint density at radius 3 is 2.69 bits per heavy atom. The SMILES string of the molecule is CCN(CC(N)=O)c1cccc(OC)c1N. The van der Waals surface area contributed by atoms with Crippen molar-refractivity contribution >= 4 is 17.3 Å². The topological polar surface area (TPSA) is 81.6 Å². The normalized spacial score (nSPS) is 9.88. The average molecular weight is 223 g/mol. The molecule has 1 rings (SSSR count). The molecule has 0 radical (unpaired) electrons. The number of carbonyl (C=O) groups is 1. The number of rotatable bonds is 5. The molecule has 4 N–H and O–H groups in total. The Labute approximate surface area is 95.0 Å². The van der Waals surface area contributed by atoms with E-state index in [1.54, 1.807) is 18.1 Å². The second-order valence-corrected chi connectivity index (χ2v) is 3.37. The van der Waals surface area contributed by atoms with Crippen molar-refractivity contribution < 1.29 is 9.53 Å². The van der Waals surface area contributed by atoms with Crippen LogP contribution in [0.2, 0.25) is 0 Å². The number of benzene rings is 1. The van der Waals surface area contributed by atoms with Gasteiger partial charge in [0.05, 0.1) is 25.0 Å². The summed E-state index contributed by atoms with van der Waals surface area (Å²) in [6.07, 6.45) is 0. The molecule has 0 aliphatic heterocycles. The van der Waals surface area contributed by atoms with Gasteiger partial charge in [0.25, 0.3) is 0 Å². The van der Waals surface area contributed by atoms with Crippen molar-refractivity contribution in [3.05, 3.63) is 18.2 Å².